The number of hydrogen-bond donors (Lipinski definition) is 1. The van der Waals surface area contributed by atoms with E-state index < -0.39 is 11.6 Å². The van der Waals surface area contributed by atoms with Gasteiger partial charge in [0, 0.05) is 18.2 Å². The first-order chi connectivity index (χ1) is 18.4. The molecule has 0 radical (unpaired) electrons. The number of hydrogen-bond acceptors (Lipinski definition) is 8. The SMILES string of the molecule is CN(CCCn1c(=O)sc2cc(C=O)ccc21)C1CCC(OC(C(=O)O)(c2cccs2)c2cccs2)CC1. The number of rotatable bonds is 11. The number of carboxylic acids is 1. The summed E-state index contributed by atoms with van der Waals surface area (Å²) < 4.78 is 9.14. The van der Waals surface area contributed by atoms with E-state index in [4.69, 9.17) is 4.74 Å². The summed E-state index contributed by atoms with van der Waals surface area (Å²) >= 11 is 4.01. The summed E-state index contributed by atoms with van der Waals surface area (Å²) in [6, 6.07) is 13.2. The van der Waals surface area contributed by atoms with Gasteiger partial charge in [0.2, 0.25) is 5.60 Å². The minimum Gasteiger partial charge on any atom is -0.479 e. The first-order valence-corrected chi connectivity index (χ1v) is 15.3. The van der Waals surface area contributed by atoms with Gasteiger partial charge in [0.1, 0.15) is 6.29 Å². The van der Waals surface area contributed by atoms with Gasteiger partial charge in [-0.25, -0.2) is 4.79 Å². The van der Waals surface area contributed by atoms with Crippen molar-refractivity contribution >= 4 is 56.5 Å². The van der Waals surface area contributed by atoms with Crippen molar-refractivity contribution in [2.45, 2.75) is 56.4 Å². The van der Waals surface area contributed by atoms with Crippen molar-refractivity contribution in [2.24, 2.45) is 0 Å². The van der Waals surface area contributed by atoms with Gasteiger partial charge in [-0.1, -0.05) is 23.5 Å². The first-order valence-electron chi connectivity index (χ1n) is 12.7. The number of carbonyl (C=O) groups is 2. The number of carboxylic acid groups (broad SMARTS) is 1. The molecule has 0 spiro atoms. The normalized spacial score (nSPS) is 18.3. The minimum atomic E-state index is -1.46. The van der Waals surface area contributed by atoms with E-state index in [0.717, 1.165) is 55.2 Å². The van der Waals surface area contributed by atoms with Gasteiger partial charge in [-0.05, 0) is 86.8 Å². The molecule has 1 fully saturated rings. The van der Waals surface area contributed by atoms with Crippen molar-refractivity contribution in [1.82, 2.24) is 9.47 Å². The Bertz CT molecular complexity index is 1400. The molecule has 1 N–H and O–H groups in total. The van der Waals surface area contributed by atoms with Crippen LogP contribution in [0, 0.1) is 0 Å². The molecule has 0 amide bonds. The molecule has 1 aliphatic carbocycles. The van der Waals surface area contributed by atoms with Crippen LogP contribution in [0.2, 0.25) is 0 Å². The second-order valence-corrected chi connectivity index (χ2v) is 12.6. The van der Waals surface area contributed by atoms with Crippen LogP contribution in [-0.4, -0.2) is 52.6 Å². The van der Waals surface area contributed by atoms with Gasteiger partial charge in [0.05, 0.1) is 26.1 Å². The summed E-state index contributed by atoms with van der Waals surface area (Å²) in [5.74, 6) is -0.972. The van der Waals surface area contributed by atoms with E-state index in [-0.39, 0.29) is 11.0 Å². The Kier molecular flexibility index (Phi) is 8.25. The predicted molar refractivity (Wildman–Crippen MR) is 153 cm³/mol. The average molecular weight is 571 g/mol. The highest BCUT2D eigenvalue weighted by atomic mass is 32.1. The summed E-state index contributed by atoms with van der Waals surface area (Å²) in [4.78, 5) is 40.0. The lowest BCUT2D eigenvalue weighted by Gasteiger charge is -2.38. The zero-order valence-electron chi connectivity index (χ0n) is 21.1. The lowest BCUT2D eigenvalue weighted by atomic mass is 9.90. The molecular weight excluding hydrogens is 541 g/mol. The quantitative estimate of drug-likeness (QED) is 0.234. The van der Waals surface area contributed by atoms with E-state index in [2.05, 4.69) is 11.9 Å². The topological polar surface area (TPSA) is 88.8 Å². The first kappa shape index (κ1) is 27.0. The van der Waals surface area contributed by atoms with Crippen LogP contribution >= 0.6 is 34.0 Å². The Morgan fingerprint density at radius 3 is 2.39 bits per heavy atom. The highest BCUT2D eigenvalue weighted by Gasteiger charge is 2.48. The molecule has 0 atom stereocenters. The second kappa shape index (κ2) is 11.6. The number of aryl methyl sites for hydroxylation is 1. The van der Waals surface area contributed by atoms with Gasteiger partial charge in [-0.2, -0.15) is 0 Å². The van der Waals surface area contributed by atoms with Crippen LogP contribution in [0.25, 0.3) is 10.2 Å². The Morgan fingerprint density at radius 1 is 1.13 bits per heavy atom. The summed E-state index contributed by atoms with van der Waals surface area (Å²) in [7, 11) is 2.12. The molecular formula is C28H30N2O5S3. The van der Waals surface area contributed by atoms with E-state index >= 15 is 0 Å². The molecule has 0 saturated heterocycles. The Balaban J connectivity index is 1.18. The lowest BCUT2D eigenvalue weighted by Crippen LogP contribution is -2.44. The van der Waals surface area contributed by atoms with Gasteiger partial charge in [-0.3, -0.25) is 14.2 Å². The second-order valence-electron chi connectivity index (χ2n) is 9.69. The van der Waals surface area contributed by atoms with Crippen molar-refractivity contribution in [1.29, 1.82) is 0 Å². The molecule has 0 bridgehead atoms. The number of ether oxygens (including phenoxy) is 1. The Hall–Kier alpha value is -2.63. The molecule has 7 nitrogen and oxygen atoms in total. The molecule has 10 heteroatoms. The fourth-order valence-electron chi connectivity index (χ4n) is 5.34. The maximum Gasteiger partial charge on any atom is 0.347 e. The summed E-state index contributed by atoms with van der Waals surface area (Å²) in [6.07, 6.45) is 4.97. The van der Waals surface area contributed by atoms with Crippen molar-refractivity contribution in [2.75, 3.05) is 13.6 Å². The smallest absolute Gasteiger partial charge is 0.347 e. The number of aromatic nitrogens is 1. The van der Waals surface area contributed by atoms with Crippen molar-refractivity contribution in [3.8, 4) is 0 Å². The van der Waals surface area contributed by atoms with E-state index in [1.807, 2.05) is 41.1 Å². The predicted octanol–water partition coefficient (Wildman–Crippen LogP) is 5.68. The highest BCUT2D eigenvalue weighted by Crippen LogP contribution is 2.42. The van der Waals surface area contributed by atoms with E-state index in [1.54, 1.807) is 16.7 Å². The van der Waals surface area contributed by atoms with Crippen LogP contribution in [0.3, 0.4) is 0 Å². The van der Waals surface area contributed by atoms with Gasteiger partial charge in [-0.15, -0.1) is 22.7 Å². The van der Waals surface area contributed by atoms with Crippen LogP contribution in [0.4, 0.5) is 0 Å². The molecule has 5 rings (SSSR count). The molecule has 200 valence electrons. The number of aliphatic carboxylic acids is 1. The number of carbonyl (C=O) groups excluding carboxylic acids is 1. The highest BCUT2D eigenvalue weighted by molar-refractivity contribution is 7.16. The fourth-order valence-corrected chi connectivity index (χ4v) is 8.11. The largest absolute Gasteiger partial charge is 0.479 e. The number of thiazole rings is 1. The summed E-state index contributed by atoms with van der Waals surface area (Å²) in [6.45, 7) is 1.49. The van der Waals surface area contributed by atoms with E-state index in [9.17, 15) is 19.5 Å². The van der Waals surface area contributed by atoms with Crippen molar-refractivity contribution in [3.05, 3.63) is 78.2 Å². The fraction of sp³-hybridized carbons (Fsp3) is 0.393. The molecule has 1 aromatic carbocycles. The maximum atomic E-state index is 12.7. The monoisotopic (exact) mass is 570 g/mol. The van der Waals surface area contributed by atoms with Crippen molar-refractivity contribution < 1.29 is 19.4 Å². The van der Waals surface area contributed by atoms with Crippen LogP contribution in [0.5, 0.6) is 0 Å². The third kappa shape index (κ3) is 5.28. The number of aldehydes is 1. The van der Waals surface area contributed by atoms with E-state index in [1.165, 1.54) is 34.0 Å². The lowest BCUT2D eigenvalue weighted by molar-refractivity contribution is -0.170. The maximum absolute atomic E-state index is 12.7. The number of fused-ring (bicyclic) bond motifs is 1. The Morgan fingerprint density at radius 2 is 1.82 bits per heavy atom. The van der Waals surface area contributed by atoms with Gasteiger partial charge in [0.25, 0.3) is 0 Å². The third-order valence-corrected chi connectivity index (χ3v) is 10.3. The van der Waals surface area contributed by atoms with Gasteiger partial charge >= 0.3 is 10.8 Å². The molecule has 38 heavy (non-hydrogen) atoms. The summed E-state index contributed by atoms with van der Waals surface area (Å²) in [5, 5.41) is 14.2. The van der Waals surface area contributed by atoms with Gasteiger partial charge < -0.3 is 14.7 Å². The average Bonchev–Trinajstić information content (AvgIpc) is 3.70. The molecule has 0 aliphatic heterocycles. The third-order valence-electron chi connectivity index (χ3n) is 7.37. The number of benzene rings is 1. The molecule has 1 aliphatic rings. The zero-order valence-corrected chi connectivity index (χ0v) is 23.5. The number of thiophene rings is 2. The molecule has 1 saturated carbocycles. The van der Waals surface area contributed by atoms with Crippen LogP contribution in [0.15, 0.2) is 58.0 Å². The minimum absolute atomic E-state index is 0.00162. The molecule has 4 aromatic rings. The summed E-state index contributed by atoms with van der Waals surface area (Å²) in [5.41, 5.74) is -0.00434. The Labute approximate surface area is 232 Å². The molecule has 3 aromatic heterocycles. The van der Waals surface area contributed by atoms with Crippen LogP contribution in [0.1, 0.15) is 52.2 Å². The molecule has 0 unspecified atom stereocenters. The van der Waals surface area contributed by atoms with E-state index in [0.29, 0.717) is 27.9 Å². The van der Waals surface area contributed by atoms with Gasteiger partial charge in [0.15, 0.2) is 0 Å². The van der Waals surface area contributed by atoms with Crippen LogP contribution < -0.4 is 4.87 Å². The standard InChI is InChI=1S/C28H30N2O5S3/c1-29(13-4-14-30-22-12-7-19(18-31)17-23(22)38-27(30)34)20-8-10-21(11-9-20)35-28(26(32)33,24-5-2-15-36-24)25-6-3-16-37-25/h2-3,5-7,12,15-18,20-21H,4,8-11,13-14H2,1H3,(H,32,33). The van der Waals surface area contributed by atoms with Crippen molar-refractivity contribution in [3.63, 3.8) is 0 Å². The zero-order chi connectivity index (χ0) is 26.7. The van der Waals surface area contributed by atoms with Crippen LogP contribution in [-0.2, 0) is 21.7 Å². The number of nitrogens with zero attached hydrogens (tertiary/aromatic N) is 2. The molecule has 3 heterocycles.